The van der Waals surface area contributed by atoms with Gasteiger partial charge in [0.2, 0.25) is 0 Å². The Morgan fingerprint density at radius 2 is 2.21 bits per heavy atom. The predicted molar refractivity (Wildman–Crippen MR) is 74.2 cm³/mol. The Balaban J connectivity index is 1.98. The van der Waals surface area contributed by atoms with Gasteiger partial charge in [0.15, 0.2) is 11.6 Å². The number of rotatable bonds is 4. The first-order valence-electron chi connectivity index (χ1n) is 6.07. The van der Waals surface area contributed by atoms with E-state index in [1.807, 2.05) is 0 Å². The quantitative estimate of drug-likeness (QED) is 0.832. The van der Waals surface area contributed by atoms with Gasteiger partial charge in [-0.15, -0.1) is 0 Å². The Morgan fingerprint density at radius 3 is 2.89 bits per heavy atom. The van der Waals surface area contributed by atoms with Gasteiger partial charge in [0, 0.05) is 24.2 Å². The van der Waals surface area contributed by atoms with Crippen molar-refractivity contribution in [2.75, 3.05) is 19.6 Å². The molecule has 2 rings (SSSR count). The lowest BCUT2D eigenvalue weighted by Gasteiger charge is -2.16. The van der Waals surface area contributed by atoms with Gasteiger partial charge in [-0.2, -0.15) is 0 Å². The van der Waals surface area contributed by atoms with Crippen LogP contribution in [-0.2, 0) is 0 Å². The van der Waals surface area contributed by atoms with Gasteiger partial charge < -0.3 is 5.73 Å². The van der Waals surface area contributed by atoms with Gasteiger partial charge in [-0.25, -0.2) is 8.78 Å². The summed E-state index contributed by atoms with van der Waals surface area (Å²) in [7, 11) is 0. The van der Waals surface area contributed by atoms with Crippen LogP contribution in [0, 0.1) is 11.6 Å². The van der Waals surface area contributed by atoms with Gasteiger partial charge >= 0.3 is 0 Å². The third-order valence-corrected chi connectivity index (χ3v) is 3.75. The molecule has 0 saturated carbocycles. The van der Waals surface area contributed by atoms with E-state index in [2.05, 4.69) is 4.90 Å². The number of nitrogens with zero attached hydrogens (tertiary/aromatic N) is 1. The molecular weight excluding hydrogens is 268 g/mol. The molecule has 1 aromatic carbocycles. The summed E-state index contributed by atoms with van der Waals surface area (Å²) in [4.78, 5) is 2.19. The molecule has 104 valence electrons. The van der Waals surface area contributed by atoms with Crippen LogP contribution in [0.25, 0.3) is 0 Å². The molecule has 1 heterocycles. The highest BCUT2D eigenvalue weighted by molar-refractivity contribution is 7.99. The second-order valence-electron chi connectivity index (χ2n) is 4.72. The Labute approximate surface area is 115 Å². The molecule has 1 saturated heterocycles. The van der Waals surface area contributed by atoms with Crippen molar-refractivity contribution in [3.05, 3.63) is 46.5 Å². The van der Waals surface area contributed by atoms with Crippen LogP contribution in [0.1, 0.15) is 17.9 Å². The molecule has 1 fully saturated rings. The standard InChI is InChI=1S/C13H17F2N3S/c14-12-2-1-9(5-13(12)15)10-3-4-18(6-10)7-11(16)8-19-17/h1-2,5,8,10H,3-4,6-7,16-17H2/b11-8-. The van der Waals surface area contributed by atoms with E-state index in [0.29, 0.717) is 6.54 Å². The molecule has 6 heteroatoms. The predicted octanol–water partition coefficient (Wildman–Crippen LogP) is 2.16. The molecule has 19 heavy (non-hydrogen) atoms. The first-order chi connectivity index (χ1) is 9.10. The SMILES string of the molecule is NS/C=C(\N)CN1CCC(c2ccc(F)c(F)c2)C1. The number of nitrogens with two attached hydrogens (primary N) is 2. The van der Waals surface area contributed by atoms with E-state index in [0.717, 1.165) is 42.7 Å². The maximum Gasteiger partial charge on any atom is 0.159 e. The van der Waals surface area contributed by atoms with Crippen LogP contribution in [0.15, 0.2) is 29.3 Å². The normalized spacial score (nSPS) is 21.0. The molecule has 4 N–H and O–H groups in total. The number of hydrogen-bond acceptors (Lipinski definition) is 4. The summed E-state index contributed by atoms with van der Waals surface area (Å²) in [5.74, 6) is -1.35. The van der Waals surface area contributed by atoms with Crippen LogP contribution >= 0.6 is 11.9 Å². The number of hydrogen-bond donors (Lipinski definition) is 2. The van der Waals surface area contributed by atoms with E-state index in [4.69, 9.17) is 10.9 Å². The highest BCUT2D eigenvalue weighted by Gasteiger charge is 2.24. The lowest BCUT2D eigenvalue weighted by molar-refractivity contribution is 0.362. The van der Waals surface area contributed by atoms with Crippen molar-refractivity contribution in [1.82, 2.24) is 4.90 Å². The molecule has 1 unspecified atom stereocenters. The Hall–Kier alpha value is -1.11. The number of likely N-dealkylation sites (tertiary alicyclic amines) is 1. The van der Waals surface area contributed by atoms with E-state index in [9.17, 15) is 8.78 Å². The summed E-state index contributed by atoms with van der Waals surface area (Å²) in [5.41, 5.74) is 7.37. The van der Waals surface area contributed by atoms with Crippen LogP contribution in [-0.4, -0.2) is 24.5 Å². The highest BCUT2D eigenvalue weighted by atomic mass is 32.2. The molecule has 1 aliphatic heterocycles. The Kier molecular flexibility index (Phi) is 4.79. The first kappa shape index (κ1) is 14.3. The van der Waals surface area contributed by atoms with E-state index >= 15 is 0 Å². The largest absolute Gasteiger partial charge is 0.401 e. The van der Waals surface area contributed by atoms with Crippen molar-refractivity contribution >= 4 is 11.9 Å². The van der Waals surface area contributed by atoms with Gasteiger partial charge in [0.25, 0.3) is 0 Å². The number of halogens is 2. The van der Waals surface area contributed by atoms with Gasteiger partial charge in [0.05, 0.1) is 0 Å². The average Bonchev–Trinajstić information content (AvgIpc) is 2.81. The minimum absolute atomic E-state index is 0.230. The Morgan fingerprint density at radius 1 is 1.42 bits per heavy atom. The van der Waals surface area contributed by atoms with Crippen molar-refractivity contribution in [2.45, 2.75) is 12.3 Å². The minimum Gasteiger partial charge on any atom is -0.401 e. The van der Waals surface area contributed by atoms with E-state index in [1.165, 1.54) is 12.1 Å². The van der Waals surface area contributed by atoms with Crippen LogP contribution in [0.5, 0.6) is 0 Å². The maximum absolute atomic E-state index is 13.2. The molecule has 1 aliphatic rings. The minimum atomic E-state index is -0.800. The van der Waals surface area contributed by atoms with Gasteiger partial charge in [-0.1, -0.05) is 18.0 Å². The van der Waals surface area contributed by atoms with Crippen molar-refractivity contribution < 1.29 is 8.78 Å². The molecule has 1 atom stereocenters. The summed E-state index contributed by atoms with van der Waals surface area (Å²) < 4.78 is 26.1. The van der Waals surface area contributed by atoms with E-state index in [1.54, 1.807) is 11.5 Å². The molecule has 0 aliphatic carbocycles. The van der Waals surface area contributed by atoms with Crippen molar-refractivity contribution in [3.63, 3.8) is 0 Å². The first-order valence-corrected chi connectivity index (χ1v) is 7.01. The Bertz CT molecular complexity index is 479. The van der Waals surface area contributed by atoms with E-state index in [-0.39, 0.29) is 5.92 Å². The zero-order chi connectivity index (χ0) is 13.8. The fourth-order valence-corrected chi connectivity index (χ4v) is 2.65. The number of benzene rings is 1. The molecular formula is C13H17F2N3S. The fourth-order valence-electron chi connectivity index (χ4n) is 2.40. The van der Waals surface area contributed by atoms with Crippen LogP contribution in [0.4, 0.5) is 8.78 Å². The lowest BCUT2D eigenvalue weighted by Crippen LogP contribution is -2.25. The zero-order valence-electron chi connectivity index (χ0n) is 10.5. The van der Waals surface area contributed by atoms with Gasteiger partial charge in [0.1, 0.15) is 0 Å². The average molecular weight is 285 g/mol. The zero-order valence-corrected chi connectivity index (χ0v) is 11.3. The van der Waals surface area contributed by atoms with E-state index < -0.39 is 11.6 Å². The third-order valence-electron chi connectivity index (χ3n) is 3.31. The molecule has 0 radical (unpaired) electrons. The smallest absolute Gasteiger partial charge is 0.159 e. The summed E-state index contributed by atoms with van der Waals surface area (Å²) in [6.45, 7) is 2.35. The second kappa shape index (κ2) is 6.36. The third kappa shape index (κ3) is 3.68. The van der Waals surface area contributed by atoms with Gasteiger partial charge in [-0.3, -0.25) is 10.0 Å². The molecule has 0 amide bonds. The summed E-state index contributed by atoms with van der Waals surface area (Å²) in [5, 5.41) is 7.03. The fraction of sp³-hybridized carbons (Fsp3) is 0.385. The molecule has 0 aromatic heterocycles. The second-order valence-corrected chi connectivity index (χ2v) is 5.23. The summed E-state index contributed by atoms with van der Waals surface area (Å²) in [6, 6.07) is 4.13. The highest BCUT2D eigenvalue weighted by Crippen LogP contribution is 2.28. The molecule has 0 spiro atoms. The lowest BCUT2D eigenvalue weighted by atomic mass is 9.98. The van der Waals surface area contributed by atoms with Crippen LogP contribution in [0.3, 0.4) is 0 Å². The van der Waals surface area contributed by atoms with Crippen molar-refractivity contribution in [3.8, 4) is 0 Å². The van der Waals surface area contributed by atoms with Crippen LogP contribution in [0.2, 0.25) is 0 Å². The molecule has 0 bridgehead atoms. The van der Waals surface area contributed by atoms with Crippen molar-refractivity contribution in [2.24, 2.45) is 10.9 Å². The summed E-state index contributed by atoms with van der Waals surface area (Å²) >= 11 is 1.09. The maximum atomic E-state index is 13.2. The van der Waals surface area contributed by atoms with Crippen LogP contribution < -0.4 is 10.9 Å². The topological polar surface area (TPSA) is 55.3 Å². The van der Waals surface area contributed by atoms with Crippen molar-refractivity contribution in [1.29, 1.82) is 0 Å². The summed E-state index contributed by atoms with van der Waals surface area (Å²) in [6.07, 6.45) is 0.925. The monoisotopic (exact) mass is 285 g/mol. The molecule has 1 aromatic rings. The van der Waals surface area contributed by atoms with Gasteiger partial charge in [-0.05, 0) is 36.6 Å². The molecule has 3 nitrogen and oxygen atoms in total.